The second kappa shape index (κ2) is 10.5. The quantitative estimate of drug-likeness (QED) is 0.507. The number of carbonyl (C=O) groups excluding carboxylic acids is 2. The van der Waals surface area contributed by atoms with Crippen molar-refractivity contribution in [2.75, 3.05) is 20.3 Å². The summed E-state index contributed by atoms with van der Waals surface area (Å²) >= 11 is 6.22. The first-order valence-electron chi connectivity index (χ1n) is 10.5. The smallest absolute Gasteiger partial charge is 0.255 e. The molecule has 10 heteroatoms. The Morgan fingerprint density at radius 1 is 1.12 bits per heavy atom. The minimum atomic E-state index is -1.15. The van der Waals surface area contributed by atoms with Gasteiger partial charge in [-0.2, -0.15) is 0 Å². The molecule has 1 saturated heterocycles. The molecular formula is C24H23ClN4O5. The second-order valence-corrected chi connectivity index (χ2v) is 8.10. The first-order valence-corrected chi connectivity index (χ1v) is 10.9. The highest BCUT2D eigenvalue weighted by Gasteiger charge is 2.43. The van der Waals surface area contributed by atoms with Crippen LogP contribution in [-0.2, 0) is 16.1 Å². The largest absolute Gasteiger partial charge is 0.497 e. The minimum Gasteiger partial charge on any atom is -0.497 e. The Balaban J connectivity index is 1.36. The first kappa shape index (κ1) is 23.5. The number of carbonyl (C=O) groups is 2. The van der Waals surface area contributed by atoms with E-state index < -0.39 is 11.4 Å². The van der Waals surface area contributed by atoms with Crippen LogP contribution >= 0.6 is 11.6 Å². The Morgan fingerprint density at radius 2 is 1.85 bits per heavy atom. The first-order chi connectivity index (χ1) is 16.5. The van der Waals surface area contributed by atoms with E-state index in [0.717, 1.165) is 5.56 Å². The molecule has 0 radical (unpaired) electrons. The van der Waals surface area contributed by atoms with Crippen molar-refractivity contribution in [2.24, 2.45) is 0 Å². The number of nitrogens with one attached hydrogen (secondary N) is 2. The molecule has 1 unspecified atom stereocenters. The van der Waals surface area contributed by atoms with Gasteiger partial charge in [0.05, 0.1) is 24.3 Å². The van der Waals surface area contributed by atoms with Gasteiger partial charge in [-0.25, -0.2) is 9.97 Å². The maximum Gasteiger partial charge on any atom is 0.255 e. The second-order valence-electron chi connectivity index (χ2n) is 7.69. The van der Waals surface area contributed by atoms with Gasteiger partial charge in [0, 0.05) is 38.0 Å². The molecule has 1 aliphatic heterocycles. The topological polar surface area (TPSA) is 112 Å². The van der Waals surface area contributed by atoms with E-state index >= 15 is 0 Å². The highest BCUT2D eigenvalue weighted by molar-refractivity contribution is 6.32. The van der Waals surface area contributed by atoms with Crippen molar-refractivity contribution in [2.45, 2.75) is 18.5 Å². The summed E-state index contributed by atoms with van der Waals surface area (Å²) in [5, 5.41) is 6.12. The fourth-order valence-electron chi connectivity index (χ4n) is 3.45. The van der Waals surface area contributed by atoms with Crippen LogP contribution in [0.3, 0.4) is 0 Å². The maximum absolute atomic E-state index is 13.0. The van der Waals surface area contributed by atoms with Gasteiger partial charge in [-0.15, -0.1) is 0 Å². The molecule has 3 aromatic rings. The number of nitrogens with zero attached hydrogens (tertiary/aromatic N) is 2. The number of methoxy groups -OCH3 is 1. The molecule has 1 aliphatic rings. The van der Waals surface area contributed by atoms with Crippen LogP contribution in [0.25, 0.3) is 0 Å². The molecule has 4 rings (SSSR count). The third-order valence-corrected chi connectivity index (χ3v) is 5.67. The molecule has 2 amide bonds. The van der Waals surface area contributed by atoms with Crippen molar-refractivity contribution >= 4 is 23.4 Å². The zero-order valence-corrected chi connectivity index (χ0v) is 19.2. The number of benzene rings is 2. The predicted molar refractivity (Wildman–Crippen MR) is 124 cm³/mol. The Labute approximate surface area is 201 Å². The van der Waals surface area contributed by atoms with Gasteiger partial charge in [0.25, 0.3) is 5.91 Å². The van der Waals surface area contributed by atoms with Gasteiger partial charge in [-0.1, -0.05) is 23.7 Å². The van der Waals surface area contributed by atoms with Crippen LogP contribution in [-0.4, -0.2) is 47.6 Å². The van der Waals surface area contributed by atoms with E-state index in [2.05, 4.69) is 20.6 Å². The average Bonchev–Trinajstić information content (AvgIpc) is 3.34. The highest BCUT2D eigenvalue weighted by Crippen LogP contribution is 2.32. The number of aromatic nitrogens is 2. The zero-order valence-electron chi connectivity index (χ0n) is 18.4. The molecule has 0 bridgehead atoms. The normalized spacial score (nSPS) is 17.1. The molecule has 0 spiro atoms. The molecule has 1 fully saturated rings. The van der Waals surface area contributed by atoms with Crippen molar-refractivity contribution in [3.05, 3.63) is 77.3 Å². The number of amides is 2. The van der Waals surface area contributed by atoms with E-state index in [-0.39, 0.29) is 24.6 Å². The molecular weight excluding hydrogens is 460 g/mol. The summed E-state index contributed by atoms with van der Waals surface area (Å²) in [5.74, 6) is 0.994. The van der Waals surface area contributed by atoms with E-state index in [1.165, 1.54) is 18.7 Å². The summed E-state index contributed by atoms with van der Waals surface area (Å²) in [6.07, 6.45) is 4.49. The summed E-state index contributed by atoms with van der Waals surface area (Å²) in [5.41, 5.74) is -0.0197. The van der Waals surface area contributed by atoms with Crippen LogP contribution in [0.5, 0.6) is 17.2 Å². The summed E-state index contributed by atoms with van der Waals surface area (Å²) in [4.78, 5) is 33.3. The molecule has 0 saturated carbocycles. The van der Waals surface area contributed by atoms with Gasteiger partial charge in [-0.3, -0.25) is 9.59 Å². The van der Waals surface area contributed by atoms with Crippen LogP contribution in [0, 0.1) is 0 Å². The molecule has 176 valence electrons. The lowest BCUT2D eigenvalue weighted by atomic mass is 9.96. The van der Waals surface area contributed by atoms with E-state index in [0.29, 0.717) is 35.3 Å². The highest BCUT2D eigenvalue weighted by atomic mass is 35.5. The number of hydrogen-bond donors (Lipinski definition) is 2. The average molecular weight is 483 g/mol. The monoisotopic (exact) mass is 482 g/mol. The molecule has 2 aromatic carbocycles. The van der Waals surface area contributed by atoms with Crippen molar-refractivity contribution < 1.29 is 23.8 Å². The van der Waals surface area contributed by atoms with Crippen molar-refractivity contribution in [3.63, 3.8) is 0 Å². The summed E-state index contributed by atoms with van der Waals surface area (Å²) in [7, 11) is 1.57. The van der Waals surface area contributed by atoms with E-state index in [4.69, 9.17) is 25.8 Å². The standard InChI is InChI=1S/C24H23ClN4O5/c1-32-19-6-7-21(20(25)10-19)34-18-4-2-16(3-5-18)11-28-23(31)24(8-9-33-14-24)29-22(30)17-12-26-15-27-13-17/h2-7,10,12-13,15H,8-9,11,14H2,1H3,(H,28,31)(H,29,30). The van der Waals surface area contributed by atoms with Gasteiger partial charge in [0.15, 0.2) is 0 Å². The van der Waals surface area contributed by atoms with Gasteiger partial charge < -0.3 is 24.8 Å². The fourth-order valence-corrected chi connectivity index (χ4v) is 3.66. The van der Waals surface area contributed by atoms with E-state index in [1.54, 1.807) is 37.4 Å². The Kier molecular flexibility index (Phi) is 7.24. The minimum absolute atomic E-state index is 0.0909. The number of hydrogen-bond acceptors (Lipinski definition) is 7. The van der Waals surface area contributed by atoms with Gasteiger partial charge >= 0.3 is 0 Å². The number of rotatable bonds is 8. The fraction of sp³-hybridized carbons (Fsp3) is 0.250. The SMILES string of the molecule is COc1ccc(Oc2ccc(CNC(=O)C3(NC(=O)c4cncnc4)CCOC3)cc2)c(Cl)c1. The molecule has 9 nitrogen and oxygen atoms in total. The molecule has 1 aromatic heterocycles. The zero-order chi connectivity index (χ0) is 24.0. The Hall–Kier alpha value is -3.69. The third-order valence-electron chi connectivity index (χ3n) is 5.38. The van der Waals surface area contributed by atoms with Gasteiger partial charge in [-0.05, 0) is 29.8 Å². The van der Waals surface area contributed by atoms with Crippen LogP contribution < -0.4 is 20.1 Å². The van der Waals surface area contributed by atoms with Crippen LogP contribution in [0.2, 0.25) is 5.02 Å². The van der Waals surface area contributed by atoms with E-state index in [1.807, 2.05) is 12.1 Å². The predicted octanol–water partition coefficient (Wildman–Crippen LogP) is 3.14. The number of ether oxygens (including phenoxy) is 3. The summed E-state index contributed by atoms with van der Waals surface area (Å²) < 4.78 is 16.4. The van der Waals surface area contributed by atoms with Gasteiger partial charge in [0.2, 0.25) is 5.91 Å². The molecule has 0 aliphatic carbocycles. The Bertz CT molecular complexity index is 1150. The molecule has 2 heterocycles. The number of halogens is 1. The maximum atomic E-state index is 13.0. The molecule has 34 heavy (non-hydrogen) atoms. The van der Waals surface area contributed by atoms with Crippen LogP contribution in [0.1, 0.15) is 22.3 Å². The van der Waals surface area contributed by atoms with Crippen molar-refractivity contribution in [1.82, 2.24) is 20.6 Å². The van der Waals surface area contributed by atoms with Crippen LogP contribution in [0.15, 0.2) is 61.2 Å². The van der Waals surface area contributed by atoms with Crippen LogP contribution in [0.4, 0.5) is 0 Å². The third kappa shape index (κ3) is 5.44. The summed E-state index contributed by atoms with van der Waals surface area (Å²) in [6.45, 7) is 0.737. The van der Waals surface area contributed by atoms with E-state index in [9.17, 15) is 9.59 Å². The van der Waals surface area contributed by atoms with Gasteiger partial charge in [0.1, 0.15) is 29.1 Å². The lowest BCUT2D eigenvalue weighted by Gasteiger charge is -2.27. The van der Waals surface area contributed by atoms with Crippen molar-refractivity contribution in [3.8, 4) is 17.2 Å². The molecule has 2 N–H and O–H groups in total. The lowest BCUT2D eigenvalue weighted by molar-refractivity contribution is -0.127. The molecule has 1 atom stereocenters. The summed E-state index contributed by atoms with van der Waals surface area (Å²) in [6, 6.07) is 12.4. The Morgan fingerprint density at radius 3 is 2.50 bits per heavy atom. The van der Waals surface area contributed by atoms with Crippen molar-refractivity contribution in [1.29, 1.82) is 0 Å². The lowest BCUT2D eigenvalue weighted by Crippen LogP contribution is -2.59.